The summed E-state index contributed by atoms with van der Waals surface area (Å²) in [7, 11) is 0. The van der Waals surface area contributed by atoms with Gasteiger partial charge in [0.1, 0.15) is 23.3 Å². The van der Waals surface area contributed by atoms with Crippen molar-refractivity contribution in [2.45, 2.75) is 6.42 Å². The number of aromatic nitrogens is 3. The lowest BCUT2D eigenvalue weighted by atomic mass is 9.90. The van der Waals surface area contributed by atoms with E-state index in [1.165, 1.54) is 16.7 Å². The standard InChI is InChI=1S/C29H21FN8O/c30-20-10-11-23-24(19-8-6-17(14-31)7-9-19)21(12-13-35-27-22(15-32)26(33)36-29(34)37-27)25(28(39)38(23)16-20)18-4-2-1-3-5-18/h1-11,16H,12-13H2,(H5,33,34,35,36,37). The molecule has 0 aliphatic carbocycles. The van der Waals surface area contributed by atoms with Gasteiger partial charge in [0.25, 0.3) is 5.56 Å². The highest BCUT2D eigenvalue weighted by Gasteiger charge is 2.21. The van der Waals surface area contributed by atoms with Gasteiger partial charge in [0.15, 0.2) is 5.82 Å². The van der Waals surface area contributed by atoms with E-state index in [-0.39, 0.29) is 35.3 Å². The largest absolute Gasteiger partial charge is 0.382 e. The Morgan fingerprint density at radius 2 is 1.62 bits per heavy atom. The van der Waals surface area contributed by atoms with Gasteiger partial charge in [0, 0.05) is 18.3 Å². The minimum absolute atomic E-state index is 0.0401. The molecule has 0 bridgehead atoms. The second kappa shape index (κ2) is 10.3. The number of hydrogen-bond acceptors (Lipinski definition) is 8. The Bertz CT molecular complexity index is 1850. The van der Waals surface area contributed by atoms with E-state index < -0.39 is 5.82 Å². The molecule has 0 atom stereocenters. The van der Waals surface area contributed by atoms with Crippen molar-refractivity contribution < 1.29 is 4.39 Å². The van der Waals surface area contributed by atoms with Crippen LogP contribution in [0.1, 0.15) is 16.7 Å². The van der Waals surface area contributed by atoms with Crippen molar-refractivity contribution in [1.82, 2.24) is 14.4 Å². The Labute approximate surface area is 222 Å². The average Bonchev–Trinajstić information content (AvgIpc) is 2.94. The second-order valence-electron chi connectivity index (χ2n) is 8.67. The molecule has 0 amide bonds. The number of anilines is 3. The molecule has 10 heteroatoms. The van der Waals surface area contributed by atoms with Crippen LogP contribution in [0.2, 0.25) is 0 Å². The number of nitrogens with one attached hydrogen (secondary N) is 1. The summed E-state index contributed by atoms with van der Waals surface area (Å²) in [5, 5.41) is 21.9. The SMILES string of the molecule is N#Cc1ccc(-c2c(CCNc3nc(N)nc(N)c3C#N)c(-c3ccccc3)c(=O)n3cc(F)ccc23)cc1. The normalized spacial score (nSPS) is 10.6. The lowest BCUT2D eigenvalue weighted by molar-refractivity contribution is 0.618. The highest BCUT2D eigenvalue weighted by atomic mass is 19.1. The monoisotopic (exact) mass is 516 g/mol. The quantitative estimate of drug-likeness (QED) is 0.304. The maximum atomic E-state index is 14.3. The molecule has 3 aromatic heterocycles. The Hall–Kier alpha value is -5.74. The molecule has 0 spiro atoms. The first-order chi connectivity index (χ1) is 18.9. The van der Waals surface area contributed by atoms with Gasteiger partial charge in [-0.3, -0.25) is 9.20 Å². The first-order valence-corrected chi connectivity index (χ1v) is 11.9. The Kier molecular flexibility index (Phi) is 6.60. The van der Waals surface area contributed by atoms with Crippen LogP contribution in [0, 0.1) is 28.5 Å². The Morgan fingerprint density at radius 3 is 2.31 bits per heavy atom. The Morgan fingerprint density at radius 1 is 0.897 bits per heavy atom. The zero-order valence-electron chi connectivity index (χ0n) is 20.5. The Balaban J connectivity index is 1.73. The molecular formula is C29H21FN8O. The molecule has 2 aromatic carbocycles. The molecule has 5 aromatic rings. The molecule has 5 N–H and O–H groups in total. The number of pyridine rings is 2. The number of hydrogen-bond donors (Lipinski definition) is 3. The van der Waals surface area contributed by atoms with E-state index in [1.807, 2.05) is 36.4 Å². The summed E-state index contributed by atoms with van der Waals surface area (Å²) >= 11 is 0. The maximum absolute atomic E-state index is 14.3. The van der Waals surface area contributed by atoms with Gasteiger partial charge in [-0.2, -0.15) is 20.5 Å². The number of nitrogens with two attached hydrogens (primary N) is 2. The molecule has 39 heavy (non-hydrogen) atoms. The first kappa shape index (κ1) is 24.9. The third kappa shape index (κ3) is 4.70. The van der Waals surface area contributed by atoms with E-state index in [1.54, 1.807) is 30.3 Å². The third-order valence-corrected chi connectivity index (χ3v) is 6.30. The molecule has 190 valence electrons. The van der Waals surface area contributed by atoms with Crippen LogP contribution < -0.4 is 22.3 Å². The maximum Gasteiger partial charge on any atom is 0.263 e. The molecule has 0 unspecified atom stereocenters. The zero-order valence-corrected chi connectivity index (χ0v) is 20.5. The number of rotatable bonds is 6. The summed E-state index contributed by atoms with van der Waals surface area (Å²) in [5.74, 6) is -0.486. The lowest BCUT2D eigenvalue weighted by Crippen LogP contribution is -2.21. The molecule has 9 nitrogen and oxygen atoms in total. The summed E-state index contributed by atoms with van der Waals surface area (Å²) in [6.07, 6.45) is 1.49. The van der Waals surface area contributed by atoms with Gasteiger partial charge in [-0.1, -0.05) is 42.5 Å². The second-order valence-corrected chi connectivity index (χ2v) is 8.67. The summed E-state index contributed by atoms with van der Waals surface area (Å²) in [6.45, 7) is 0.254. The van der Waals surface area contributed by atoms with Crippen molar-refractivity contribution in [2.24, 2.45) is 0 Å². The van der Waals surface area contributed by atoms with Gasteiger partial charge in [-0.05, 0) is 47.4 Å². The first-order valence-electron chi connectivity index (χ1n) is 11.9. The highest BCUT2D eigenvalue weighted by molar-refractivity contribution is 5.89. The smallest absolute Gasteiger partial charge is 0.263 e. The van der Waals surface area contributed by atoms with E-state index in [2.05, 4.69) is 21.4 Å². The van der Waals surface area contributed by atoms with Crippen LogP contribution in [0.3, 0.4) is 0 Å². The van der Waals surface area contributed by atoms with E-state index in [0.29, 0.717) is 39.8 Å². The van der Waals surface area contributed by atoms with Crippen LogP contribution in [-0.2, 0) is 6.42 Å². The van der Waals surface area contributed by atoms with E-state index in [0.717, 1.165) is 5.56 Å². The van der Waals surface area contributed by atoms with Gasteiger partial charge >= 0.3 is 0 Å². The van der Waals surface area contributed by atoms with Crippen LogP contribution >= 0.6 is 0 Å². The minimum Gasteiger partial charge on any atom is -0.382 e. The summed E-state index contributed by atoms with van der Waals surface area (Å²) in [4.78, 5) is 21.8. The van der Waals surface area contributed by atoms with Crippen molar-refractivity contribution in [2.75, 3.05) is 23.3 Å². The highest BCUT2D eigenvalue weighted by Crippen LogP contribution is 2.34. The predicted octanol–water partition coefficient (Wildman–Crippen LogP) is 4.12. The van der Waals surface area contributed by atoms with Gasteiger partial charge in [0.2, 0.25) is 5.95 Å². The van der Waals surface area contributed by atoms with Gasteiger partial charge in [-0.15, -0.1) is 0 Å². The topological polar surface area (TPSA) is 159 Å². The van der Waals surface area contributed by atoms with Crippen molar-refractivity contribution in [3.05, 3.63) is 106 Å². The summed E-state index contributed by atoms with van der Waals surface area (Å²) < 4.78 is 15.7. The molecule has 0 aliphatic rings. The molecule has 3 heterocycles. The van der Waals surface area contributed by atoms with Gasteiger partial charge in [-0.25, -0.2) is 4.39 Å². The number of nitriles is 2. The summed E-state index contributed by atoms with van der Waals surface area (Å²) in [5.41, 5.74) is 15.5. The fourth-order valence-electron chi connectivity index (χ4n) is 4.60. The van der Waals surface area contributed by atoms with E-state index >= 15 is 0 Å². The van der Waals surface area contributed by atoms with E-state index in [9.17, 15) is 19.7 Å². The van der Waals surface area contributed by atoms with Gasteiger partial charge < -0.3 is 16.8 Å². The van der Waals surface area contributed by atoms with Crippen LogP contribution in [-0.4, -0.2) is 20.9 Å². The van der Waals surface area contributed by atoms with Crippen LogP contribution in [0.15, 0.2) is 77.7 Å². The van der Waals surface area contributed by atoms with Gasteiger partial charge in [0.05, 0.1) is 22.7 Å². The number of halogens is 1. The molecule has 0 saturated carbocycles. The number of benzene rings is 2. The van der Waals surface area contributed by atoms with Crippen molar-refractivity contribution in [3.8, 4) is 34.4 Å². The zero-order chi connectivity index (χ0) is 27.5. The molecule has 0 fully saturated rings. The fourth-order valence-corrected chi connectivity index (χ4v) is 4.60. The van der Waals surface area contributed by atoms with Crippen LogP contribution in [0.25, 0.3) is 27.8 Å². The number of nitrogen functional groups attached to an aromatic ring is 2. The summed E-state index contributed by atoms with van der Waals surface area (Å²) in [6, 6.07) is 23.1. The van der Waals surface area contributed by atoms with Crippen molar-refractivity contribution >= 4 is 23.1 Å². The fraction of sp³-hybridized carbons (Fsp3) is 0.0690. The molecule has 0 saturated heterocycles. The molecule has 0 aliphatic heterocycles. The van der Waals surface area contributed by atoms with Crippen LogP contribution in [0.5, 0.6) is 0 Å². The molecule has 5 rings (SSSR count). The van der Waals surface area contributed by atoms with E-state index in [4.69, 9.17) is 11.5 Å². The third-order valence-electron chi connectivity index (χ3n) is 6.30. The predicted molar refractivity (Wildman–Crippen MR) is 147 cm³/mol. The average molecular weight is 517 g/mol. The molecular weight excluding hydrogens is 495 g/mol. The van der Waals surface area contributed by atoms with Crippen molar-refractivity contribution in [1.29, 1.82) is 10.5 Å². The van der Waals surface area contributed by atoms with Crippen molar-refractivity contribution in [3.63, 3.8) is 0 Å². The lowest BCUT2D eigenvalue weighted by Gasteiger charge is -2.19. The molecule has 0 radical (unpaired) electrons. The van der Waals surface area contributed by atoms with Crippen LogP contribution in [0.4, 0.5) is 22.0 Å². The number of nitrogens with zero attached hydrogens (tertiary/aromatic N) is 5. The minimum atomic E-state index is -0.549. The number of fused-ring (bicyclic) bond motifs is 1.